The number of aryl methyl sites for hydroxylation is 1. The van der Waals surface area contributed by atoms with E-state index in [9.17, 15) is 0 Å². The smallest absolute Gasteiger partial charge is 0.123 e. The van der Waals surface area contributed by atoms with Gasteiger partial charge in [-0.3, -0.25) is 0 Å². The van der Waals surface area contributed by atoms with Crippen molar-refractivity contribution in [1.82, 2.24) is 0 Å². The largest absolute Gasteiger partial charge is 0.493 e. The number of nitrogens with two attached hydrogens (primary N) is 1. The quantitative estimate of drug-likeness (QED) is 0.628. The standard InChI is InChI=1S/C16H25NOS/c1-12-8-9-13(16(2,3)4)14(11-12)18-10-6-5-7-15(17)19/h8-9,11H,5-7,10H2,1-4H3,(H2,17,19). The summed E-state index contributed by atoms with van der Waals surface area (Å²) >= 11 is 4.86. The van der Waals surface area contributed by atoms with Crippen LogP contribution >= 0.6 is 12.2 Å². The molecule has 1 aromatic carbocycles. The molecule has 1 aromatic rings. The lowest BCUT2D eigenvalue weighted by molar-refractivity contribution is 0.299. The molecule has 0 aliphatic carbocycles. The maximum Gasteiger partial charge on any atom is 0.123 e. The second-order valence-electron chi connectivity index (χ2n) is 6.02. The molecule has 19 heavy (non-hydrogen) atoms. The van der Waals surface area contributed by atoms with Gasteiger partial charge < -0.3 is 10.5 Å². The van der Waals surface area contributed by atoms with Gasteiger partial charge in [0.15, 0.2) is 0 Å². The molecule has 0 aliphatic rings. The highest BCUT2D eigenvalue weighted by molar-refractivity contribution is 7.80. The maximum absolute atomic E-state index is 5.94. The Kier molecular flexibility index (Phi) is 5.80. The lowest BCUT2D eigenvalue weighted by Gasteiger charge is -2.23. The van der Waals surface area contributed by atoms with Gasteiger partial charge in [-0.2, -0.15) is 0 Å². The van der Waals surface area contributed by atoms with Crippen molar-refractivity contribution in [2.24, 2.45) is 5.73 Å². The average Bonchev–Trinajstić information content (AvgIpc) is 2.26. The highest BCUT2D eigenvalue weighted by Gasteiger charge is 2.18. The molecule has 0 radical (unpaired) electrons. The first-order valence-corrected chi connectivity index (χ1v) is 7.24. The van der Waals surface area contributed by atoms with Crippen LogP contribution in [0.5, 0.6) is 5.75 Å². The van der Waals surface area contributed by atoms with Crippen LogP contribution in [-0.4, -0.2) is 11.6 Å². The predicted molar refractivity (Wildman–Crippen MR) is 86.0 cm³/mol. The van der Waals surface area contributed by atoms with Crippen molar-refractivity contribution in [3.05, 3.63) is 29.3 Å². The molecule has 0 atom stereocenters. The van der Waals surface area contributed by atoms with Crippen LogP contribution in [0.3, 0.4) is 0 Å². The summed E-state index contributed by atoms with van der Waals surface area (Å²) in [6.45, 7) is 9.42. The monoisotopic (exact) mass is 279 g/mol. The van der Waals surface area contributed by atoms with Crippen LogP contribution in [0.2, 0.25) is 0 Å². The first kappa shape index (κ1) is 16.0. The lowest BCUT2D eigenvalue weighted by atomic mass is 9.86. The number of hydrogen-bond donors (Lipinski definition) is 1. The van der Waals surface area contributed by atoms with Gasteiger partial charge >= 0.3 is 0 Å². The third kappa shape index (κ3) is 5.60. The van der Waals surface area contributed by atoms with Crippen molar-refractivity contribution >= 4 is 17.2 Å². The molecular weight excluding hydrogens is 254 g/mol. The van der Waals surface area contributed by atoms with E-state index in [1.807, 2.05) is 0 Å². The molecule has 0 spiro atoms. The van der Waals surface area contributed by atoms with E-state index in [1.165, 1.54) is 11.1 Å². The summed E-state index contributed by atoms with van der Waals surface area (Å²) in [6, 6.07) is 6.42. The Hall–Kier alpha value is -1.09. The maximum atomic E-state index is 5.94. The number of benzene rings is 1. The number of hydrogen-bond acceptors (Lipinski definition) is 2. The second kappa shape index (κ2) is 6.90. The average molecular weight is 279 g/mol. The fourth-order valence-electron chi connectivity index (χ4n) is 1.95. The minimum Gasteiger partial charge on any atom is -0.493 e. The van der Waals surface area contributed by atoms with Crippen molar-refractivity contribution in [3.63, 3.8) is 0 Å². The molecule has 106 valence electrons. The zero-order valence-electron chi connectivity index (χ0n) is 12.5. The Morgan fingerprint density at radius 3 is 2.53 bits per heavy atom. The van der Waals surface area contributed by atoms with Gasteiger partial charge in [-0.15, -0.1) is 0 Å². The van der Waals surface area contributed by atoms with Gasteiger partial charge in [0.05, 0.1) is 11.6 Å². The van der Waals surface area contributed by atoms with Crippen LogP contribution in [0.25, 0.3) is 0 Å². The van der Waals surface area contributed by atoms with Crippen molar-refractivity contribution in [2.45, 2.75) is 52.4 Å². The Labute approximate surface area is 122 Å². The van der Waals surface area contributed by atoms with E-state index in [0.29, 0.717) is 4.99 Å². The second-order valence-corrected chi connectivity index (χ2v) is 6.55. The molecule has 1 rings (SSSR count). The van der Waals surface area contributed by atoms with Crippen molar-refractivity contribution in [2.75, 3.05) is 6.61 Å². The highest BCUT2D eigenvalue weighted by Crippen LogP contribution is 2.32. The molecule has 0 fully saturated rings. The van der Waals surface area contributed by atoms with Crippen LogP contribution in [-0.2, 0) is 5.41 Å². The summed E-state index contributed by atoms with van der Waals surface area (Å²) in [6.07, 6.45) is 2.78. The van der Waals surface area contributed by atoms with Crippen molar-refractivity contribution in [3.8, 4) is 5.75 Å². The lowest BCUT2D eigenvalue weighted by Crippen LogP contribution is -2.14. The molecule has 0 saturated carbocycles. The minimum absolute atomic E-state index is 0.0991. The minimum atomic E-state index is 0.0991. The Morgan fingerprint density at radius 2 is 1.95 bits per heavy atom. The summed E-state index contributed by atoms with van der Waals surface area (Å²) in [5.41, 5.74) is 8.06. The highest BCUT2D eigenvalue weighted by atomic mass is 32.1. The zero-order valence-corrected chi connectivity index (χ0v) is 13.3. The van der Waals surface area contributed by atoms with E-state index in [2.05, 4.69) is 45.9 Å². The van der Waals surface area contributed by atoms with Crippen LogP contribution in [0.1, 0.15) is 51.2 Å². The molecule has 0 heterocycles. The van der Waals surface area contributed by atoms with Crippen LogP contribution < -0.4 is 10.5 Å². The first-order chi connectivity index (χ1) is 8.80. The van der Waals surface area contributed by atoms with Gasteiger partial charge in [0.1, 0.15) is 5.75 Å². The topological polar surface area (TPSA) is 35.2 Å². The Morgan fingerprint density at radius 1 is 1.26 bits per heavy atom. The summed E-state index contributed by atoms with van der Waals surface area (Å²) in [5.74, 6) is 1.00. The Balaban J connectivity index is 2.61. The summed E-state index contributed by atoms with van der Waals surface area (Å²) < 4.78 is 5.94. The summed E-state index contributed by atoms with van der Waals surface area (Å²) in [5, 5.41) is 0. The molecule has 2 N–H and O–H groups in total. The molecule has 2 nitrogen and oxygen atoms in total. The van der Waals surface area contributed by atoms with Crippen LogP contribution in [0.4, 0.5) is 0 Å². The SMILES string of the molecule is Cc1ccc(C(C)(C)C)c(OCCCCC(N)=S)c1. The number of rotatable bonds is 6. The van der Waals surface area contributed by atoms with E-state index in [1.54, 1.807) is 0 Å². The van der Waals surface area contributed by atoms with Gasteiger partial charge in [0.25, 0.3) is 0 Å². The fraction of sp³-hybridized carbons (Fsp3) is 0.562. The van der Waals surface area contributed by atoms with Gasteiger partial charge in [0.2, 0.25) is 0 Å². The third-order valence-electron chi connectivity index (χ3n) is 3.02. The predicted octanol–water partition coefficient (Wildman–Crippen LogP) is 4.13. The van der Waals surface area contributed by atoms with Crippen molar-refractivity contribution < 1.29 is 4.74 Å². The number of ether oxygens (including phenoxy) is 1. The van der Waals surface area contributed by atoms with Gasteiger partial charge in [0, 0.05) is 0 Å². The number of thiocarbonyl (C=S) groups is 1. The Bertz CT molecular complexity index is 435. The molecule has 0 unspecified atom stereocenters. The van der Waals surface area contributed by atoms with E-state index >= 15 is 0 Å². The summed E-state index contributed by atoms with van der Waals surface area (Å²) in [7, 11) is 0. The van der Waals surface area contributed by atoms with Gasteiger partial charge in [-0.05, 0) is 48.8 Å². The van der Waals surface area contributed by atoms with E-state index < -0.39 is 0 Å². The van der Waals surface area contributed by atoms with Crippen LogP contribution in [0, 0.1) is 6.92 Å². The zero-order chi connectivity index (χ0) is 14.5. The molecular formula is C16H25NOS. The van der Waals surface area contributed by atoms with Gasteiger partial charge in [-0.25, -0.2) is 0 Å². The van der Waals surface area contributed by atoms with E-state index in [4.69, 9.17) is 22.7 Å². The molecule has 0 bridgehead atoms. The summed E-state index contributed by atoms with van der Waals surface area (Å²) in [4.78, 5) is 0.589. The molecule has 3 heteroatoms. The van der Waals surface area contributed by atoms with Crippen molar-refractivity contribution in [1.29, 1.82) is 0 Å². The van der Waals surface area contributed by atoms with Gasteiger partial charge in [-0.1, -0.05) is 45.1 Å². The normalized spacial score (nSPS) is 11.4. The molecule has 0 amide bonds. The number of unbranched alkanes of at least 4 members (excludes halogenated alkanes) is 1. The molecule has 0 aliphatic heterocycles. The third-order valence-corrected chi connectivity index (χ3v) is 3.22. The fourth-order valence-corrected chi connectivity index (χ4v) is 2.10. The molecule has 0 aromatic heterocycles. The first-order valence-electron chi connectivity index (χ1n) is 6.83. The van der Waals surface area contributed by atoms with E-state index in [0.717, 1.165) is 31.6 Å². The molecule has 0 saturated heterocycles. The van der Waals surface area contributed by atoms with Crippen LogP contribution in [0.15, 0.2) is 18.2 Å². The van der Waals surface area contributed by atoms with E-state index in [-0.39, 0.29) is 5.41 Å².